The number of carbonyl (C=O) groups is 1. The van der Waals surface area contributed by atoms with Crippen molar-refractivity contribution in [2.45, 2.75) is 76.5 Å². The number of carboxylic acids is 1. The van der Waals surface area contributed by atoms with E-state index in [0.29, 0.717) is 6.04 Å². The normalized spacial score (nSPS) is 27.1. The van der Waals surface area contributed by atoms with Crippen molar-refractivity contribution < 1.29 is 14.6 Å². The third-order valence-corrected chi connectivity index (χ3v) is 5.00. The zero-order valence-electron chi connectivity index (χ0n) is 12.4. The van der Waals surface area contributed by atoms with Crippen LogP contribution in [0.3, 0.4) is 0 Å². The van der Waals surface area contributed by atoms with Crippen molar-refractivity contribution in [1.29, 1.82) is 0 Å². The van der Waals surface area contributed by atoms with Crippen molar-refractivity contribution in [3.05, 3.63) is 0 Å². The van der Waals surface area contributed by atoms with Gasteiger partial charge in [-0.15, -0.1) is 0 Å². The number of ether oxygens (including phenoxy) is 1. The van der Waals surface area contributed by atoms with E-state index in [9.17, 15) is 9.90 Å². The Hall–Kier alpha value is -0.610. The van der Waals surface area contributed by atoms with E-state index in [1.54, 1.807) is 0 Å². The first-order valence-corrected chi connectivity index (χ1v) is 7.55. The number of rotatable bonds is 4. The monoisotopic (exact) mass is 269 g/mol. The molecule has 1 atom stereocenters. The van der Waals surface area contributed by atoms with Crippen molar-refractivity contribution >= 4 is 5.97 Å². The summed E-state index contributed by atoms with van der Waals surface area (Å²) in [4.78, 5) is 13.7. The summed E-state index contributed by atoms with van der Waals surface area (Å²) >= 11 is 0. The van der Waals surface area contributed by atoms with E-state index < -0.39 is 11.5 Å². The molecule has 1 saturated carbocycles. The largest absolute Gasteiger partial charge is 0.480 e. The number of hydrogen-bond acceptors (Lipinski definition) is 3. The molecule has 1 heterocycles. The summed E-state index contributed by atoms with van der Waals surface area (Å²) in [5.74, 6) is -0.735. The van der Waals surface area contributed by atoms with Crippen molar-refractivity contribution in [3.63, 3.8) is 0 Å². The molecule has 0 aromatic rings. The molecule has 1 N–H and O–H groups in total. The first-order chi connectivity index (χ1) is 8.91. The maximum atomic E-state index is 11.5. The van der Waals surface area contributed by atoms with Gasteiger partial charge in [-0.25, -0.2) is 0 Å². The molecule has 4 nitrogen and oxygen atoms in total. The van der Waals surface area contributed by atoms with Crippen LogP contribution in [0.4, 0.5) is 0 Å². The quantitative estimate of drug-likeness (QED) is 0.852. The van der Waals surface area contributed by atoms with Gasteiger partial charge in [0.25, 0.3) is 0 Å². The van der Waals surface area contributed by atoms with Crippen LogP contribution in [0.5, 0.6) is 0 Å². The second-order valence-electron chi connectivity index (χ2n) is 6.54. The molecule has 2 aliphatic rings. The molecule has 2 fully saturated rings. The standard InChI is InChI=1S/C15H27NO3/c1-4-16(14(2,3)13(17)18)12-7-10-19-15(11-12)8-5-6-9-15/h12H,4-11H2,1-3H3,(H,17,18). The van der Waals surface area contributed by atoms with E-state index in [0.717, 1.165) is 38.8 Å². The molecule has 0 aromatic heterocycles. The van der Waals surface area contributed by atoms with Gasteiger partial charge in [-0.2, -0.15) is 0 Å². The van der Waals surface area contributed by atoms with Crippen LogP contribution < -0.4 is 0 Å². The molecule has 1 unspecified atom stereocenters. The topological polar surface area (TPSA) is 49.8 Å². The van der Waals surface area contributed by atoms with Gasteiger partial charge < -0.3 is 9.84 Å². The van der Waals surface area contributed by atoms with Crippen LogP contribution >= 0.6 is 0 Å². The lowest BCUT2D eigenvalue weighted by Gasteiger charge is -2.47. The van der Waals surface area contributed by atoms with Gasteiger partial charge in [0.2, 0.25) is 0 Å². The van der Waals surface area contributed by atoms with Crippen molar-refractivity contribution in [1.82, 2.24) is 4.90 Å². The average Bonchev–Trinajstić information content (AvgIpc) is 2.77. The van der Waals surface area contributed by atoms with Gasteiger partial charge in [-0.05, 0) is 46.1 Å². The first-order valence-electron chi connectivity index (χ1n) is 7.55. The van der Waals surface area contributed by atoms with Gasteiger partial charge in [0.05, 0.1) is 5.60 Å². The Labute approximate surface area is 116 Å². The fraction of sp³-hybridized carbons (Fsp3) is 0.933. The van der Waals surface area contributed by atoms with E-state index in [-0.39, 0.29) is 5.60 Å². The van der Waals surface area contributed by atoms with Gasteiger partial charge in [0.1, 0.15) is 5.54 Å². The molecule has 0 amide bonds. The molecule has 19 heavy (non-hydrogen) atoms. The lowest BCUT2D eigenvalue weighted by Crippen LogP contribution is -2.58. The maximum Gasteiger partial charge on any atom is 0.323 e. The SMILES string of the molecule is CCN(C1CCOC2(CCCC2)C1)C(C)(C)C(=O)O. The molecular formula is C15H27NO3. The highest BCUT2D eigenvalue weighted by atomic mass is 16.5. The fourth-order valence-electron chi connectivity index (χ4n) is 3.87. The molecule has 1 aliphatic carbocycles. The molecule has 1 aliphatic heterocycles. The molecule has 0 bridgehead atoms. The first kappa shape index (κ1) is 14.8. The Morgan fingerprint density at radius 1 is 1.42 bits per heavy atom. The van der Waals surface area contributed by atoms with Crippen LogP contribution in [0.25, 0.3) is 0 Å². The summed E-state index contributed by atoms with van der Waals surface area (Å²) in [6.45, 7) is 7.24. The Kier molecular flexibility index (Phi) is 4.21. The van der Waals surface area contributed by atoms with Gasteiger partial charge in [0, 0.05) is 12.6 Å². The zero-order valence-corrected chi connectivity index (χ0v) is 12.4. The third kappa shape index (κ3) is 2.79. The molecule has 2 rings (SSSR count). The Morgan fingerprint density at radius 3 is 2.58 bits per heavy atom. The van der Waals surface area contributed by atoms with E-state index in [4.69, 9.17) is 4.74 Å². The summed E-state index contributed by atoms with van der Waals surface area (Å²) in [5, 5.41) is 9.46. The third-order valence-electron chi connectivity index (χ3n) is 5.00. The number of nitrogens with zero attached hydrogens (tertiary/aromatic N) is 1. The number of carboxylic acid groups (broad SMARTS) is 1. The van der Waals surface area contributed by atoms with Crippen molar-refractivity contribution in [2.75, 3.05) is 13.2 Å². The van der Waals surface area contributed by atoms with Gasteiger partial charge in [0.15, 0.2) is 0 Å². The lowest BCUT2D eigenvalue weighted by molar-refractivity contribution is -0.157. The van der Waals surface area contributed by atoms with Crippen LogP contribution in [0, 0.1) is 0 Å². The average molecular weight is 269 g/mol. The summed E-state index contributed by atoms with van der Waals surface area (Å²) < 4.78 is 6.05. The van der Waals surface area contributed by atoms with Crippen LogP contribution in [-0.2, 0) is 9.53 Å². The van der Waals surface area contributed by atoms with Crippen molar-refractivity contribution in [3.8, 4) is 0 Å². The Morgan fingerprint density at radius 2 is 2.05 bits per heavy atom. The Bertz CT molecular complexity index is 334. The summed E-state index contributed by atoms with van der Waals surface area (Å²) in [6, 6.07) is 0.336. The van der Waals surface area contributed by atoms with Gasteiger partial charge >= 0.3 is 5.97 Å². The van der Waals surface area contributed by atoms with Crippen LogP contribution in [0.1, 0.15) is 59.3 Å². The smallest absolute Gasteiger partial charge is 0.323 e. The summed E-state index contributed by atoms with van der Waals surface area (Å²) in [7, 11) is 0. The molecule has 110 valence electrons. The highest BCUT2D eigenvalue weighted by molar-refractivity contribution is 5.77. The van der Waals surface area contributed by atoms with E-state index >= 15 is 0 Å². The van der Waals surface area contributed by atoms with Gasteiger partial charge in [-0.1, -0.05) is 19.8 Å². The Balaban J connectivity index is 2.12. The second-order valence-corrected chi connectivity index (χ2v) is 6.54. The summed E-state index contributed by atoms with van der Waals surface area (Å²) in [6.07, 6.45) is 6.75. The highest BCUT2D eigenvalue weighted by Gasteiger charge is 2.45. The maximum absolute atomic E-state index is 11.5. The van der Waals surface area contributed by atoms with Crippen LogP contribution in [0.2, 0.25) is 0 Å². The molecule has 0 radical (unpaired) electrons. The minimum absolute atomic E-state index is 0.0465. The predicted octanol–water partition coefficient (Wildman–Crippen LogP) is 2.66. The van der Waals surface area contributed by atoms with Gasteiger partial charge in [-0.3, -0.25) is 9.69 Å². The van der Waals surface area contributed by atoms with E-state index in [1.807, 2.05) is 13.8 Å². The lowest BCUT2D eigenvalue weighted by atomic mass is 9.86. The zero-order chi connectivity index (χ0) is 14.1. The minimum atomic E-state index is -0.795. The fourth-order valence-corrected chi connectivity index (χ4v) is 3.87. The molecular weight excluding hydrogens is 242 g/mol. The van der Waals surface area contributed by atoms with E-state index in [2.05, 4.69) is 11.8 Å². The second kappa shape index (κ2) is 5.41. The highest BCUT2D eigenvalue weighted by Crippen LogP contribution is 2.42. The van der Waals surface area contributed by atoms with Crippen LogP contribution in [0.15, 0.2) is 0 Å². The predicted molar refractivity (Wildman–Crippen MR) is 74.3 cm³/mol. The number of aliphatic carboxylic acids is 1. The number of hydrogen-bond donors (Lipinski definition) is 1. The minimum Gasteiger partial charge on any atom is -0.480 e. The van der Waals surface area contributed by atoms with E-state index in [1.165, 1.54) is 12.8 Å². The molecule has 0 aromatic carbocycles. The molecule has 4 heteroatoms. The number of likely N-dealkylation sites (N-methyl/N-ethyl adjacent to an activating group) is 1. The van der Waals surface area contributed by atoms with Crippen LogP contribution in [-0.4, -0.2) is 46.3 Å². The molecule has 1 saturated heterocycles. The van der Waals surface area contributed by atoms with Crippen molar-refractivity contribution in [2.24, 2.45) is 0 Å². The molecule has 1 spiro atoms. The summed E-state index contributed by atoms with van der Waals surface area (Å²) in [5.41, 5.74) is -0.749.